The van der Waals surface area contributed by atoms with Gasteiger partial charge in [0.05, 0.1) is 10.9 Å². The van der Waals surface area contributed by atoms with E-state index in [0.717, 1.165) is 15.8 Å². The molecule has 0 radical (unpaired) electrons. The molecule has 1 aromatic carbocycles. The van der Waals surface area contributed by atoms with Crippen LogP contribution in [0, 0.1) is 0 Å². The summed E-state index contributed by atoms with van der Waals surface area (Å²) in [6, 6.07) is 9.23. The van der Waals surface area contributed by atoms with E-state index in [1.165, 1.54) is 23.5 Å². The topological polar surface area (TPSA) is 0 Å². The van der Waals surface area contributed by atoms with Gasteiger partial charge >= 0.3 is 6.18 Å². The fraction of sp³-hybridized carbons (Fsp3) is 0.375. The summed E-state index contributed by atoms with van der Waals surface area (Å²) < 4.78 is 39.2. The molecule has 1 heterocycles. The van der Waals surface area contributed by atoms with Gasteiger partial charge < -0.3 is 0 Å². The van der Waals surface area contributed by atoms with Gasteiger partial charge in [0.2, 0.25) is 0 Å². The van der Waals surface area contributed by atoms with E-state index in [0.29, 0.717) is 0 Å². The molecule has 0 spiro atoms. The van der Waals surface area contributed by atoms with E-state index in [-0.39, 0.29) is 11.0 Å². The Bertz CT molecular complexity index is 623. The molecule has 0 aliphatic heterocycles. The molecule has 0 saturated heterocycles. The molecule has 2 aromatic rings. The van der Waals surface area contributed by atoms with Gasteiger partial charge in [0.25, 0.3) is 0 Å². The third kappa shape index (κ3) is 3.61. The van der Waals surface area contributed by atoms with Crippen LogP contribution < -0.4 is 0 Å². The van der Waals surface area contributed by atoms with Crippen molar-refractivity contribution in [1.82, 2.24) is 0 Å². The van der Waals surface area contributed by atoms with Gasteiger partial charge in [0.1, 0.15) is 0 Å². The third-order valence-electron chi connectivity index (χ3n) is 3.16. The van der Waals surface area contributed by atoms with Crippen molar-refractivity contribution in [2.75, 3.05) is 0 Å². The average Bonchev–Trinajstić information content (AvgIpc) is 2.86. The number of alkyl halides is 4. The number of hydrogen-bond acceptors (Lipinski definition) is 1. The normalized spacial score (nSPS) is 14.2. The summed E-state index contributed by atoms with van der Waals surface area (Å²) in [5, 5.41) is -0.788. The first-order valence-electron chi connectivity index (χ1n) is 6.51. The van der Waals surface area contributed by atoms with Crippen molar-refractivity contribution in [2.45, 2.75) is 37.7 Å². The van der Waals surface area contributed by atoms with Crippen LogP contribution in [-0.4, -0.2) is 0 Å². The lowest BCUT2D eigenvalue weighted by molar-refractivity contribution is -0.138. The quantitative estimate of drug-likeness (QED) is 0.559. The second-order valence-corrected chi connectivity index (χ2v) is 7.45. The second-order valence-electron chi connectivity index (χ2n) is 5.90. The predicted octanol–water partition coefficient (Wildman–Crippen LogP) is 6.39. The minimum absolute atomic E-state index is 0.0386. The van der Waals surface area contributed by atoms with E-state index in [4.69, 9.17) is 11.6 Å². The minimum Gasteiger partial charge on any atom is -0.166 e. The van der Waals surface area contributed by atoms with Crippen molar-refractivity contribution < 1.29 is 13.2 Å². The lowest BCUT2D eigenvalue weighted by Gasteiger charge is -2.17. The average molecular weight is 333 g/mol. The molecule has 0 saturated carbocycles. The van der Waals surface area contributed by atoms with Crippen molar-refractivity contribution in [3.8, 4) is 0 Å². The van der Waals surface area contributed by atoms with E-state index < -0.39 is 17.1 Å². The standard InChI is InChI=1S/C16H16ClF3S/c1-15(2,3)13-9-8-12(21-13)14(17)10-6-4-5-7-11(10)16(18,19)20/h4-9,14H,1-3H3. The minimum atomic E-state index is -4.39. The fourth-order valence-electron chi connectivity index (χ4n) is 2.02. The van der Waals surface area contributed by atoms with E-state index in [9.17, 15) is 13.2 Å². The predicted molar refractivity (Wildman–Crippen MR) is 82.2 cm³/mol. The molecule has 1 unspecified atom stereocenters. The third-order valence-corrected chi connectivity index (χ3v) is 5.33. The van der Waals surface area contributed by atoms with Crippen molar-refractivity contribution in [3.63, 3.8) is 0 Å². The number of thiophene rings is 1. The summed E-state index contributed by atoms with van der Waals surface area (Å²) in [6.07, 6.45) is -4.39. The molecule has 0 aliphatic carbocycles. The number of rotatable bonds is 2. The maximum Gasteiger partial charge on any atom is 0.416 e. The molecule has 0 aliphatic rings. The van der Waals surface area contributed by atoms with Gasteiger partial charge in [-0.05, 0) is 29.2 Å². The van der Waals surface area contributed by atoms with Crippen molar-refractivity contribution >= 4 is 22.9 Å². The summed E-state index contributed by atoms with van der Waals surface area (Å²) >= 11 is 7.78. The van der Waals surface area contributed by atoms with Crippen molar-refractivity contribution in [2.24, 2.45) is 0 Å². The Morgan fingerprint density at radius 2 is 1.62 bits per heavy atom. The Balaban J connectivity index is 2.42. The molecule has 5 heteroatoms. The number of benzene rings is 1. The van der Waals surface area contributed by atoms with Crippen molar-refractivity contribution in [1.29, 1.82) is 0 Å². The highest BCUT2D eigenvalue weighted by Gasteiger charge is 2.35. The van der Waals surface area contributed by atoms with Crippen molar-refractivity contribution in [3.05, 3.63) is 57.3 Å². The largest absolute Gasteiger partial charge is 0.416 e. The van der Waals surface area contributed by atoms with Crippen LogP contribution in [0.5, 0.6) is 0 Å². The SMILES string of the molecule is CC(C)(C)c1ccc(C(Cl)c2ccccc2C(F)(F)F)s1. The monoisotopic (exact) mass is 332 g/mol. The summed E-state index contributed by atoms with van der Waals surface area (Å²) in [5.41, 5.74) is -0.604. The second kappa shape index (κ2) is 5.65. The molecule has 21 heavy (non-hydrogen) atoms. The lowest BCUT2D eigenvalue weighted by atomic mass is 9.95. The van der Waals surface area contributed by atoms with Gasteiger partial charge in [-0.3, -0.25) is 0 Å². The zero-order valence-corrected chi connectivity index (χ0v) is 13.5. The molecule has 0 nitrogen and oxygen atoms in total. The zero-order valence-electron chi connectivity index (χ0n) is 12.0. The van der Waals surface area contributed by atoms with Gasteiger partial charge in [-0.1, -0.05) is 39.0 Å². The molecule has 1 aromatic heterocycles. The molecular formula is C16H16ClF3S. The molecule has 0 amide bonds. The van der Waals surface area contributed by atoms with Crippen LogP contribution in [-0.2, 0) is 11.6 Å². The van der Waals surface area contributed by atoms with Gasteiger partial charge in [-0.25, -0.2) is 0 Å². The molecular weight excluding hydrogens is 317 g/mol. The highest BCUT2D eigenvalue weighted by molar-refractivity contribution is 7.12. The van der Waals surface area contributed by atoms with Gasteiger partial charge in [-0.15, -0.1) is 22.9 Å². The first kappa shape index (κ1) is 16.4. The summed E-state index contributed by atoms with van der Waals surface area (Å²) in [7, 11) is 0. The first-order valence-corrected chi connectivity index (χ1v) is 7.76. The smallest absolute Gasteiger partial charge is 0.166 e. The Hall–Kier alpha value is -1.00. The Kier molecular flexibility index (Phi) is 4.41. The molecule has 2 rings (SSSR count). The Morgan fingerprint density at radius 3 is 2.14 bits per heavy atom. The van der Waals surface area contributed by atoms with Gasteiger partial charge in [0.15, 0.2) is 0 Å². The van der Waals surface area contributed by atoms with Crippen LogP contribution in [0.1, 0.15) is 47.0 Å². The highest BCUT2D eigenvalue weighted by atomic mass is 35.5. The van der Waals surface area contributed by atoms with E-state index in [1.54, 1.807) is 6.07 Å². The van der Waals surface area contributed by atoms with Crippen LogP contribution in [0.2, 0.25) is 0 Å². The Labute approximate surface area is 131 Å². The van der Waals surface area contributed by atoms with Gasteiger partial charge in [0, 0.05) is 9.75 Å². The van der Waals surface area contributed by atoms with E-state index in [2.05, 4.69) is 20.8 Å². The summed E-state index contributed by atoms with van der Waals surface area (Å²) in [4.78, 5) is 1.84. The summed E-state index contributed by atoms with van der Waals surface area (Å²) in [5.74, 6) is 0. The van der Waals surface area contributed by atoms with E-state index >= 15 is 0 Å². The van der Waals surface area contributed by atoms with Crippen LogP contribution >= 0.6 is 22.9 Å². The maximum atomic E-state index is 13.1. The molecule has 114 valence electrons. The number of halogens is 4. The van der Waals surface area contributed by atoms with Gasteiger partial charge in [-0.2, -0.15) is 13.2 Å². The van der Waals surface area contributed by atoms with E-state index in [1.807, 2.05) is 12.1 Å². The maximum absolute atomic E-state index is 13.1. The van der Waals surface area contributed by atoms with Crippen LogP contribution in [0.25, 0.3) is 0 Å². The van der Waals surface area contributed by atoms with Crippen LogP contribution in [0.15, 0.2) is 36.4 Å². The van der Waals surface area contributed by atoms with Crippen LogP contribution in [0.3, 0.4) is 0 Å². The molecule has 0 bridgehead atoms. The fourth-order valence-corrected chi connectivity index (χ4v) is 3.48. The molecule has 0 fully saturated rings. The first-order chi connectivity index (χ1) is 9.60. The molecule has 0 N–H and O–H groups in total. The lowest BCUT2D eigenvalue weighted by Crippen LogP contribution is -2.10. The number of hydrogen-bond donors (Lipinski definition) is 0. The summed E-state index contributed by atoms with van der Waals surface area (Å²) in [6.45, 7) is 6.19. The van der Waals surface area contributed by atoms with Crippen LogP contribution in [0.4, 0.5) is 13.2 Å². The molecule has 1 atom stereocenters. The highest BCUT2D eigenvalue weighted by Crippen LogP contribution is 2.42. The Morgan fingerprint density at radius 1 is 1.00 bits per heavy atom. The zero-order chi connectivity index (χ0) is 15.8.